The molecule has 0 radical (unpaired) electrons. The standard InChI is InChI=1S/C13H19NO2S.C9H8O3/c1-10-8-11(17-9-10)12(15)13(2,3)14-4-6-16-7-5-14;1-6-4-2-3-5-7(6)8(10)9(11)12/h8-9H,4-7H2,1-3H3;2-5H,1H3,(H,11,12). The summed E-state index contributed by atoms with van der Waals surface area (Å²) < 4.78 is 5.33. The van der Waals surface area contributed by atoms with Crippen LogP contribution in [0.25, 0.3) is 0 Å². The molecule has 2 heterocycles. The maximum absolute atomic E-state index is 12.5. The first-order valence-corrected chi connectivity index (χ1v) is 10.3. The van der Waals surface area contributed by atoms with Crippen LogP contribution in [0.1, 0.15) is 45.0 Å². The Hall–Kier alpha value is -2.35. The van der Waals surface area contributed by atoms with Crippen molar-refractivity contribution < 1.29 is 24.2 Å². The number of benzene rings is 1. The van der Waals surface area contributed by atoms with Crippen LogP contribution >= 0.6 is 11.3 Å². The van der Waals surface area contributed by atoms with Gasteiger partial charge in [-0.15, -0.1) is 11.3 Å². The van der Waals surface area contributed by atoms with Crippen LogP contribution in [0, 0.1) is 13.8 Å². The fourth-order valence-electron chi connectivity index (χ4n) is 3.06. The van der Waals surface area contributed by atoms with Gasteiger partial charge in [0, 0.05) is 18.7 Å². The van der Waals surface area contributed by atoms with Crippen molar-refractivity contribution in [2.24, 2.45) is 0 Å². The first-order chi connectivity index (χ1) is 13.6. The lowest BCUT2D eigenvalue weighted by molar-refractivity contribution is -0.131. The number of hydrogen-bond donors (Lipinski definition) is 1. The molecule has 1 aliphatic heterocycles. The molecule has 1 N–H and O–H groups in total. The lowest BCUT2D eigenvalue weighted by Crippen LogP contribution is -2.54. The van der Waals surface area contributed by atoms with E-state index in [0.717, 1.165) is 36.7 Å². The Bertz CT molecular complexity index is 881. The van der Waals surface area contributed by atoms with Gasteiger partial charge in [-0.25, -0.2) is 4.79 Å². The normalized spacial score (nSPS) is 14.6. The van der Waals surface area contributed by atoms with Crippen molar-refractivity contribution >= 4 is 28.9 Å². The zero-order chi connectivity index (χ0) is 21.6. The first kappa shape index (κ1) is 22.9. The van der Waals surface area contributed by atoms with Gasteiger partial charge in [0.25, 0.3) is 5.78 Å². The van der Waals surface area contributed by atoms with Crippen LogP contribution in [0.5, 0.6) is 0 Å². The number of nitrogens with zero attached hydrogens (tertiary/aromatic N) is 1. The first-order valence-electron chi connectivity index (χ1n) is 9.40. The molecule has 29 heavy (non-hydrogen) atoms. The smallest absolute Gasteiger partial charge is 0.377 e. The molecular weight excluding hydrogens is 390 g/mol. The maximum Gasteiger partial charge on any atom is 0.377 e. The minimum atomic E-state index is -1.41. The number of hydrogen-bond acceptors (Lipinski definition) is 6. The van der Waals surface area contributed by atoms with Gasteiger partial charge in [-0.05, 0) is 50.3 Å². The molecule has 0 bridgehead atoms. The minimum absolute atomic E-state index is 0.220. The Labute approximate surface area is 175 Å². The molecular formula is C22H27NO5S. The van der Waals surface area contributed by atoms with E-state index in [9.17, 15) is 14.4 Å². The third-order valence-corrected chi connectivity index (χ3v) is 5.94. The topological polar surface area (TPSA) is 83.9 Å². The number of aliphatic carboxylic acids is 1. The van der Waals surface area contributed by atoms with E-state index < -0.39 is 17.3 Å². The number of ether oxygens (including phenoxy) is 1. The largest absolute Gasteiger partial charge is 0.475 e. The van der Waals surface area contributed by atoms with E-state index in [1.165, 1.54) is 6.07 Å². The Morgan fingerprint density at radius 3 is 2.24 bits per heavy atom. The third kappa shape index (κ3) is 5.82. The van der Waals surface area contributed by atoms with Crippen molar-refractivity contribution in [1.29, 1.82) is 0 Å². The number of Topliss-reactive ketones (excluding diaryl/α,β-unsaturated/α-hetero) is 2. The van der Waals surface area contributed by atoms with Gasteiger partial charge < -0.3 is 9.84 Å². The number of ketones is 2. The second-order valence-electron chi connectivity index (χ2n) is 7.43. The molecule has 1 aromatic carbocycles. The summed E-state index contributed by atoms with van der Waals surface area (Å²) in [5.41, 5.74) is 1.67. The van der Waals surface area contributed by atoms with Crippen LogP contribution in [-0.4, -0.2) is 59.4 Å². The number of rotatable bonds is 5. The highest BCUT2D eigenvalue weighted by molar-refractivity contribution is 7.12. The van der Waals surface area contributed by atoms with Gasteiger partial charge in [-0.2, -0.15) is 0 Å². The summed E-state index contributed by atoms with van der Waals surface area (Å²) >= 11 is 1.54. The van der Waals surface area contributed by atoms with E-state index in [1.807, 2.05) is 32.2 Å². The molecule has 0 amide bonds. The highest BCUT2D eigenvalue weighted by Crippen LogP contribution is 2.25. The Morgan fingerprint density at radius 2 is 1.72 bits per heavy atom. The van der Waals surface area contributed by atoms with E-state index in [0.29, 0.717) is 5.56 Å². The number of aryl methyl sites for hydroxylation is 2. The van der Waals surface area contributed by atoms with Gasteiger partial charge in [0.05, 0.1) is 23.6 Å². The number of thiophene rings is 1. The number of carbonyl (C=O) groups is 3. The summed E-state index contributed by atoms with van der Waals surface area (Å²) in [6.45, 7) is 10.9. The van der Waals surface area contributed by atoms with Crippen LogP contribution in [0.15, 0.2) is 35.7 Å². The van der Waals surface area contributed by atoms with E-state index >= 15 is 0 Å². The Morgan fingerprint density at radius 1 is 1.10 bits per heavy atom. The molecule has 2 aromatic rings. The van der Waals surface area contributed by atoms with Crippen molar-refractivity contribution in [3.05, 3.63) is 57.3 Å². The van der Waals surface area contributed by atoms with E-state index in [2.05, 4.69) is 4.90 Å². The van der Waals surface area contributed by atoms with Crippen molar-refractivity contribution in [3.63, 3.8) is 0 Å². The van der Waals surface area contributed by atoms with Crippen LogP contribution in [0.3, 0.4) is 0 Å². The Balaban J connectivity index is 0.000000221. The molecule has 1 aromatic heterocycles. The van der Waals surface area contributed by atoms with Gasteiger partial charge in [0.1, 0.15) is 0 Å². The molecule has 1 saturated heterocycles. The van der Waals surface area contributed by atoms with Crippen molar-refractivity contribution in [1.82, 2.24) is 4.90 Å². The zero-order valence-electron chi connectivity index (χ0n) is 17.2. The van der Waals surface area contributed by atoms with Gasteiger partial charge >= 0.3 is 5.97 Å². The van der Waals surface area contributed by atoms with E-state index in [4.69, 9.17) is 9.84 Å². The Kier molecular flexibility index (Phi) is 7.84. The molecule has 0 saturated carbocycles. The molecule has 6 nitrogen and oxygen atoms in total. The highest BCUT2D eigenvalue weighted by atomic mass is 32.1. The molecule has 0 unspecified atom stereocenters. The molecule has 0 aliphatic carbocycles. The summed E-state index contributed by atoms with van der Waals surface area (Å²) in [4.78, 5) is 36.9. The maximum atomic E-state index is 12.5. The van der Waals surface area contributed by atoms with Gasteiger partial charge in [-0.1, -0.05) is 24.3 Å². The minimum Gasteiger partial charge on any atom is -0.475 e. The predicted octanol–water partition coefficient (Wildman–Crippen LogP) is 3.61. The van der Waals surface area contributed by atoms with Gasteiger partial charge in [0.15, 0.2) is 5.78 Å². The average molecular weight is 418 g/mol. The fourth-order valence-corrected chi connectivity index (χ4v) is 4.05. The van der Waals surface area contributed by atoms with Gasteiger partial charge in [-0.3, -0.25) is 14.5 Å². The molecule has 7 heteroatoms. The monoisotopic (exact) mass is 417 g/mol. The number of carbonyl (C=O) groups excluding carboxylic acids is 2. The van der Waals surface area contributed by atoms with Crippen molar-refractivity contribution in [2.75, 3.05) is 26.3 Å². The van der Waals surface area contributed by atoms with Crippen molar-refractivity contribution in [2.45, 2.75) is 33.2 Å². The summed E-state index contributed by atoms with van der Waals surface area (Å²) in [5, 5.41) is 10.4. The molecule has 0 spiro atoms. The number of morpholine rings is 1. The third-order valence-electron chi connectivity index (χ3n) is 4.90. The van der Waals surface area contributed by atoms with E-state index in [1.54, 1.807) is 36.5 Å². The molecule has 0 atom stereocenters. The van der Waals surface area contributed by atoms with E-state index in [-0.39, 0.29) is 11.3 Å². The fraction of sp³-hybridized carbons (Fsp3) is 0.409. The summed E-state index contributed by atoms with van der Waals surface area (Å²) in [7, 11) is 0. The lowest BCUT2D eigenvalue weighted by Gasteiger charge is -2.39. The van der Waals surface area contributed by atoms with Crippen LogP contribution < -0.4 is 0 Å². The second-order valence-corrected chi connectivity index (χ2v) is 8.34. The SMILES string of the molecule is Cc1ccccc1C(=O)C(=O)O.Cc1csc(C(=O)C(C)(C)N2CCOCC2)c1. The predicted molar refractivity (Wildman–Crippen MR) is 113 cm³/mol. The summed E-state index contributed by atoms with van der Waals surface area (Å²) in [6, 6.07) is 8.59. The van der Waals surface area contributed by atoms with Crippen LogP contribution in [-0.2, 0) is 9.53 Å². The zero-order valence-corrected chi connectivity index (χ0v) is 18.0. The van der Waals surface area contributed by atoms with Crippen LogP contribution in [0.2, 0.25) is 0 Å². The molecule has 156 valence electrons. The molecule has 1 fully saturated rings. The average Bonchev–Trinajstić information content (AvgIpc) is 3.14. The quantitative estimate of drug-likeness (QED) is 0.591. The lowest BCUT2D eigenvalue weighted by atomic mass is 9.94. The molecule has 3 rings (SSSR count). The molecule has 1 aliphatic rings. The van der Waals surface area contributed by atoms with Crippen molar-refractivity contribution in [3.8, 4) is 0 Å². The summed E-state index contributed by atoms with van der Waals surface area (Å²) in [5.74, 6) is -2.05. The second kappa shape index (κ2) is 9.91. The number of carboxylic acids is 1. The van der Waals surface area contributed by atoms with Gasteiger partial charge in [0.2, 0.25) is 0 Å². The number of carboxylic acid groups (broad SMARTS) is 1. The summed E-state index contributed by atoms with van der Waals surface area (Å²) in [6.07, 6.45) is 0. The van der Waals surface area contributed by atoms with Crippen LogP contribution in [0.4, 0.5) is 0 Å². The highest BCUT2D eigenvalue weighted by Gasteiger charge is 2.36.